The minimum atomic E-state index is -0.549. The zero-order chi connectivity index (χ0) is 13.2. The summed E-state index contributed by atoms with van der Waals surface area (Å²) in [7, 11) is 0. The van der Waals surface area contributed by atoms with Crippen molar-refractivity contribution in [3.63, 3.8) is 0 Å². The molecular weight excluding hydrogens is 230 g/mol. The largest absolute Gasteiger partial charge is 0.348 e. The lowest BCUT2D eigenvalue weighted by Crippen LogP contribution is -2.41. The molecule has 4 nitrogen and oxygen atoms in total. The lowest BCUT2D eigenvalue weighted by atomic mass is 10.1. The summed E-state index contributed by atoms with van der Waals surface area (Å²) in [5, 5.41) is 11.4. The third-order valence-electron chi connectivity index (χ3n) is 3.23. The Bertz CT molecular complexity index is 380. The van der Waals surface area contributed by atoms with Crippen LogP contribution in [0.3, 0.4) is 0 Å². The molecule has 100 valence electrons. The molecule has 0 spiro atoms. The van der Waals surface area contributed by atoms with Crippen LogP contribution < -0.4 is 0 Å². The highest BCUT2D eigenvalue weighted by molar-refractivity contribution is 5.14. The first-order valence-electron chi connectivity index (χ1n) is 6.29. The Labute approximate surface area is 108 Å². The third-order valence-corrected chi connectivity index (χ3v) is 3.23. The molecule has 0 aliphatic carbocycles. The van der Waals surface area contributed by atoms with Gasteiger partial charge >= 0.3 is 0 Å². The topological polar surface area (TPSA) is 41.9 Å². The van der Waals surface area contributed by atoms with Crippen molar-refractivity contribution in [2.45, 2.75) is 45.2 Å². The van der Waals surface area contributed by atoms with Gasteiger partial charge in [-0.25, -0.2) is 0 Å². The van der Waals surface area contributed by atoms with Crippen LogP contribution in [0.1, 0.15) is 26.3 Å². The first-order chi connectivity index (χ1) is 8.48. The van der Waals surface area contributed by atoms with Crippen LogP contribution in [0.2, 0.25) is 0 Å². The van der Waals surface area contributed by atoms with Crippen LogP contribution in [-0.4, -0.2) is 34.8 Å². The summed E-state index contributed by atoms with van der Waals surface area (Å²) in [6.45, 7) is 6.72. The summed E-state index contributed by atoms with van der Waals surface area (Å²) >= 11 is 0. The fraction of sp³-hybridized carbons (Fsp3) is 0.571. The van der Waals surface area contributed by atoms with Gasteiger partial charge < -0.3 is 14.7 Å². The van der Waals surface area contributed by atoms with Crippen molar-refractivity contribution >= 4 is 0 Å². The van der Waals surface area contributed by atoms with Crippen molar-refractivity contribution < 1.29 is 14.7 Å². The highest BCUT2D eigenvalue weighted by Crippen LogP contribution is 2.26. The lowest BCUT2D eigenvalue weighted by Gasteiger charge is -2.27. The summed E-state index contributed by atoms with van der Waals surface area (Å²) in [5.74, 6) is -0.549. The van der Waals surface area contributed by atoms with E-state index in [1.165, 1.54) is 5.06 Å². The van der Waals surface area contributed by atoms with E-state index in [4.69, 9.17) is 9.47 Å². The van der Waals surface area contributed by atoms with E-state index in [-0.39, 0.29) is 12.1 Å². The number of hydrogen-bond donors (Lipinski definition) is 1. The van der Waals surface area contributed by atoms with Crippen LogP contribution in [0.25, 0.3) is 0 Å². The fourth-order valence-corrected chi connectivity index (χ4v) is 2.06. The van der Waals surface area contributed by atoms with Gasteiger partial charge in [0.1, 0.15) is 6.10 Å². The minimum absolute atomic E-state index is 0.103. The van der Waals surface area contributed by atoms with Crippen LogP contribution in [0.5, 0.6) is 0 Å². The minimum Gasteiger partial charge on any atom is -0.348 e. The zero-order valence-corrected chi connectivity index (χ0v) is 11.2. The van der Waals surface area contributed by atoms with E-state index in [2.05, 4.69) is 0 Å². The summed E-state index contributed by atoms with van der Waals surface area (Å²) in [6, 6.07) is 9.77. The van der Waals surface area contributed by atoms with Gasteiger partial charge in [0.25, 0.3) is 0 Å². The van der Waals surface area contributed by atoms with Crippen molar-refractivity contribution in [2.75, 3.05) is 6.61 Å². The van der Waals surface area contributed by atoms with Crippen LogP contribution in [0, 0.1) is 0 Å². The lowest BCUT2D eigenvalue weighted by molar-refractivity contribution is -0.184. The van der Waals surface area contributed by atoms with Gasteiger partial charge in [0.05, 0.1) is 12.6 Å². The van der Waals surface area contributed by atoms with Gasteiger partial charge in [-0.15, -0.1) is 0 Å². The second-order valence-corrected chi connectivity index (χ2v) is 5.19. The Kier molecular flexibility index (Phi) is 4.02. The Balaban J connectivity index is 1.91. The van der Waals surface area contributed by atoms with Gasteiger partial charge in [0, 0.05) is 6.54 Å². The summed E-state index contributed by atoms with van der Waals surface area (Å²) < 4.78 is 11.3. The average Bonchev–Trinajstić information content (AvgIpc) is 2.70. The summed E-state index contributed by atoms with van der Waals surface area (Å²) in [4.78, 5) is 0. The molecule has 1 saturated heterocycles. The van der Waals surface area contributed by atoms with Gasteiger partial charge in [0.2, 0.25) is 0 Å². The number of hydrogen-bond acceptors (Lipinski definition) is 4. The zero-order valence-electron chi connectivity index (χ0n) is 11.2. The number of rotatable bonds is 4. The molecule has 2 atom stereocenters. The fourth-order valence-electron chi connectivity index (χ4n) is 2.06. The van der Waals surface area contributed by atoms with Crippen LogP contribution in [0.4, 0.5) is 0 Å². The molecule has 1 unspecified atom stereocenters. The normalized spacial score (nSPS) is 24.4. The smallest absolute Gasteiger partial charge is 0.163 e. The molecule has 0 saturated carbocycles. The number of nitrogens with zero attached hydrogens (tertiary/aromatic N) is 1. The van der Waals surface area contributed by atoms with E-state index in [1.807, 2.05) is 51.1 Å². The Morgan fingerprint density at radius 3 is 2.61 bits per heavy atom. The maximum absolute atomic E-state index is 10.1. The molecule has 1 aliphatic rings. The van der Waals surface area contributed by atoms with E-state index in [0.717, 1.165) is 5.56 Å². The van der Waals surface area contributed by atoms with Crippen molar-refractivity contribution in [3.05, 3.63) is 35.9 Å². The third kappa shape index (κ3) is 3.29. The molecule has 0 bridgehead atoms. The molecule has 4 heteroatoms. The average molecular weight is 251 g/mol. The van der Waals surface area contributed by atoms with E-state index in [9.17, 15) is 5.21 Å². The molecule has 0 amide bonds. The first kappa shape index (κ1) is 13.5. The predicted octanol–water partition coefficient (Wildman–Crippen LogP) is 2.42. The van der Waals surface area contributed by atoms with Gasteiger partial charge in [0.15, 0.2) is 5.79 Å². The molecule has 1 heterocycles. The van der Waals surface area contributed by atoms with Gasteiger partial charge in [-0.05, 0) is 26.3 Å². The van der Waals surface area contributed by atoms with E-state index >= 15 is 0 Å². The van der Waals surface area contributed by atoms with Crippen molar-refractivity contribution in [1.29, 1.82) is 0 Å². The van der Waals surface area contributed by atoms with Crippen LogP contribution in [-0.2, 0) is 16.0 Å². The standard InChI is InChI=1S/C14H21NO3/c1-11(13-10-17-14(2,3)18-13)15(16)9-12-7-5-4-6-8-12/h4-8,11,13,16H,9-10H2,1-3H3/t11-,13?/m0/s1. The molecule has 0 aromatic heterocycles. The molecule has 0 radical (unpaired) electrons. The quantitative estimate of drug-likeness (QED) is 0.834. The molecule has 1 N–H and O–H groups in total. The first-order valence-corrected chi connectivity index (χ1v) is 6.29. The predicted molar refractivity (Wildman–Crippen MR) is 68.1 cm³/mol. The highest BCUT2D eigenvalue weighted by atomic mass is 16.7. The number of benzene rings is 1. The Morgan fingerprint density at radius 2 is 2.06 bits per heavy atom. The van der Waals surface area contributed by atoms with Crippen molar-refractivity contribution in [2.24, 2.45) is 0 Å². The monoisotopic (exact) mass is 251 g/mol. The molecule has 1 aliphatic heterocycles. The second kappa shape index (κ2) is 5.36. The molecule has 1 aromatic rings. The van der Waals surface area contributed by atoms with Crippen LogP contribution >= 0.6 is 0 Å². The van der Waals surface area contributed by atoms with Gasteiger partial charge in [-0.3, -0.25) is 0 Å². The summed E-state index contributed by atoms with van der Waals surface area (Å²) in [5.41, 5.74) is 1.07. The van der Waals surface area contributed by atoms with Gasteiger partial charge in [-0.2, -0.15) is 5.06 Å². The van der Waals surface area contributed by atoms with Crippen molar-refractivity contribution in [1.82, 2.24) is 5.06 Å². The maximum Gasteiger partial charge on any atom is 0.163 e. The van der Waals surface area contributed by atoms with E-state index in [0.29, 0.717) is 13.2 Å². The molecule has 1 aromatic carbocycles. The number of hydroxylamine groups is 2. The molecular formula is C14H21NO3. The summed E-state index contributed by atoms with van der Waals surface area (Å²) in [6.07, 6.45) is -0.103. The van der Waals surface area contributed by atoms with Crippen molar-refractivity contribution in [3.8, 4) is 0 Å². The van der Waals surface area contributed by atoms with Gasteiger partial charge in [-0.1, -0.05) is 30.3 Å². The Hall–Kier alpha value is -0.940. The number of ether oxygens (including phenoxy) is 2. The Morgan fingerprint density at radius 1 is 1.39 bits per heavy atom. The molecule has 18 heavy (non-hydrogen) atoms. The van der Waals surface area contributed by atoms with E-state index in [1.54, 1.807) is 0 Å². The maximum atomic E-state index is 10.1. The highest BCUT2D eigenvalue weighted by Gasteiger charge is 2.37. The SMILES string of the molecule is C[C@@H](C1COC(C)(C)O1)N(O)Cc1ccccc1. The molecule has 2 rings (SSSR count). The van der Waals surface area contributed by atoms with Crippen LogP contribution in [0.15, 0.2) is 30.3 Å². The second-order valence-electron chi connectivity index (χ2n) is 5.19. The molecule has 1 fully saturated rings. The van der Waals surface area contributed by atoms with E-state index < -0.39 is 5.79 Å².